The Morgan fingerprint density at radius 1 is 1.18 bits per heavy atom. The van der Waals surface area contributed by atoms with Crippen molar-refractivity contribution in [2.24, 2.45) is 0 Å². The molecule has 1 fully saturated rings. The standard InChI is InChI=1S/C16H19NO5/c1-9(2)10-5-6-13(18)12(7-10)17-8-11-14(19)21-16(3,4)22-15(11)20/h5-9,17-18H,1-4H3. The lowest BCUT2D eigenvalue weighted by Crippen LogP contribution is -2.42. The maximum atomic E-state index is 11.8. The molecular formula is C16H19NO5. The number of rotatable bonds is 3. The minimum atomic E-state index is -1.27. The van der Waals surface area contributed by atoms with Gasteiger partial charge in [0, 0.05) is 20.0 Å². The smallest absolute Gasteiger partial charge is 0.350 e. The van der Waals surface area contributed by atoms with Gasteiger partial charge in [-0.3, -0.25) is 0 Å². The molecular weight excluding hydrogens is 286 g/mol. The number of benzene rings is 1. The van der Waals surface area contributed by atoms with E-state index in [9.17, 15) is 14.7 Å². The highest BCUT2D eigenvalue weighted by molar-refractivity contribution is 6.15. The second kappa shape index (κ2) is 5.71. The Morgan fingerprint density at radius 3 is 2.32 bits per heavy atom. The normalized spacial score (nSPS) is 17.0. The number of nitrogens with one attached hydrogen (secondary N) is 1. The number of esters is 2. The zero-order chi connectivity index (χ0) is 16.5. The molecule has 1 aromatic rings. The third kappa shape index (κ3) is 3.39. The van der Waals surface area contributed by atoms with Crippen molar-refractivity contribution < 1.29 is 24.2 Å². The van der Waals surface area contributed by atoms with Gasteiger partial charge in [0.1, 0.15) is 5.75 Å². The average Bonchev–Trinajstić information content (AvgIpc) is 2.38. The summed E-state index contributed by atoms with van der Waals surface area (Å²) in [5.41, 5.74) is 1.14. The first-order valence-electron chi connectivity index (χ1n) is 6.96. The van der Waals surface area contributed by atoms with Gasteiger partial charge in [0.05, 0.1) is 5.69 Å². The van der Waals surface area contributed by atoms with Crippen LogP contribution in [0.25, 0.3) is 0 Å². The quantitative estimate of drug-likeness (QED) is 0.386. The molecule has 0 aliphatic carbocycles. The topological polar surface area (TPSA) is 84.9 Å². The molecule has 0 saturated carbocycles. The predicted molar refractivity (Wildman–Crippen MR) is 80.2 cm³/mol. The van der Waals surface area contributed by atoms with Gasteiger partial charge < -0.3 is 19.9 Å². The molecule has 1 aromatic carbocycles. The molecule has 1 saturated heterocycles. The van der Waals surface area contributed by atoms with Gasteiger partial charge in [-0.25, -0.2) is 9.59 Å². The molecule has 2 N–H and O–H groups in total. The summed E-state index contributed by atoms with van der Waals surface area (Å²) in [6.45, 7) is 7.00. The van der Waals surface area contributed by atoms with Crippen molar-refractivity contribution in [1.82, 2.24) is 0 Å². The molecule has 1 aliphatic rings. The van der Waals surface area contributed by atoms with Gasteiger partial charge in [0.15, 0.2) is 5.57 Å². The van der Waals surface area contributed by atoms with Crippen LogP contribution < -0.4 is 5.32 Å². The number of hydrogen-bond acceptors (Lipinski definition) is 6. The number of anilines is 1. The molecule has 6 heteroatoms. The van der Waals surface area contributed by atoms with Crippen molar-refractivity contribution in [3.63, 3.8) is 0 Å². The van der Waals surface area contributed by atoms with Crippen molar-refractivity contribution in [2.45, 2.75) is 39.4 Å². The lowest BCUT2D eigenvalue weighted by atomic mass is 10.0. The second-order valence-electron chi connectivity index (χ2n) is 5.81. The monoisotopic (exact) mass is 305 g/mol. The van der Waals surface area contributed by atoms with Gasteiger partial charge in [-0.2, -0.15) is 0 Å². The van der Waals surface area contributed by atoms with E-state index in [1.54, 1.807) is 12.1 Å². The summed E-state index contributed by atoms with van der Waals surface area (Å²) in [7, 11) is 0. The molecule has 118 valence electrons. The van der Waals surface area contributed by atoms with E-state index in [4.69, 9.17) is 9.47 Å². The fourth-order valence-electron chi connectivity index (χ4n) is 1.96. The molecule has 1 aliphatic heterocycles. The number of phenols is 1. The van der Waals surface area contributed by atoms with E-state index in [0.29, 0.717) is 5.69 Å². The summed E-state index contributed by atoms with van der Waals surface area (Å²) in [6, 6.07) is 5.11. The molecule has 0 bridgehead atoms. The fourth-order valence-corrected chi connectivity index (χ4v) is 1.96. The van der Waals surface area contributed by atoms with E-state index in [-0.39, 0.29) is 17.2 Å². The molecule has 22 heavy (non-hydrogen) atoms. The number of hydrogen-bond donors (Lipinski definition) is 2. The highest BCUT2D eigenvalue weighted by Crippen LogP contribution is 2.28. The second-order valence-corrected chi connectivity index (χ2v) is 5.81. The Balaban J connectivity index is 2.23. The zero-order valence-corrected chi connectivity index (χ0v) is 13.0. The number of phenolic OH excluding ortho intramolecular Hbond substituents is 1. The molecule has 2 rings (SSSR count). The third-order valence-electron chi connectivity index (χ3n) is 3.18. The summed E-state index contributed by atoms with van der Waals surface area (Å²) in [6.07, 6.45) is 1.18. The van der Waals surface area contributed by atoms with Crippen LogP contribution in [0.1, 0.15) is 39.2 Å². The van der Waals surface area contributed by atoms with Crippen molar-refractivity contribution in [1.29, 1.82) is 0 Å². The van der Waals surface area contributed by atoms with Crippen LogP contribution in [0.5, 0.6) is 5.75 Å². The molecule has 0 unspecified atom stereocenters. The van der Waals surface area contributed by atoms with E-state index in [2.05, 4.69) is 5.32 Å². The number of cyclic esters (lactones) is 2. The first-order valence-corrected chi connectivity index (χ1v) is 6.96. The van der Waals surface area contributed by atoms with Gasteiger partial charge in [0.2, 0.25) is 0 Å². The molecule has 1 heterocycles. The minimum Gasteiger partial charge on any atom is -0.506 e. The van der Waals surface area contributed by atoms with Crippen LogP contribution in [-0.4, -0.2) is 22.8 Å². The largest absolute Gasteiger partial charge is 0.506 e. The van der Waals surface area contributed by atoms with Crippen LogP contribution in [0.2, 0.25) is 0 Å². The molecule has 0 atom stereocenters. The van der Waals surface area contributed by atoms with E-state index in [0.717, 1.165) is 5.56 Å². The van der Waals surface area contributed by atoms with Gasteiger partial charge in [0.25, 0.3) is 5.79 Å². The van der Waals surface area contributed by atoms with Crippen molar-refractivity contribution >= 4 is 17.6 Å². The van der Waals surface area contributed by atoms with Crippen LogP contribution in [-0.2, 0) is 19.1 Å². The summed E-state index contributed by atoms with van der Waals surface area (Å²) < 4.78 is 9.97. The van der Waals surface area contributed by atoms with Crippen LogP contribution in [0.4, 0.5) is 5.69 Å². The maximum absolute atomic E-state index is 11.8. The Bertz CT molecular complexity index is 624. The molecule has 0 radical (unpaired) electrons. The first-order chi connectivity index (χ1) is 10.2. The average molecular weight is 305 g/mol. The van der Waals surface area contributed by atoms with E-state index in [1.807, 2.05) is 19.9 Å². The summed E-state index contributed by atoms with van der Waals surface area (Å²) in [5.74, 6) is -2.52. The Kier molecular flexibility index (Phi) is 4.12. The van der Waals surface area contributed by atoms with Crippen molar-refractivity contribution in [2.75, 3.05) is 5.32 Å². The SMILES string of the molecule is CC(C)c1ccc(O)c(NC=C2C(=O)OC(C)(C)OC2=O)c1. The summed E-state index contributed by atoms with van der Waals surface area (Å²) in [5, 5.41) is 12.6. The molecule has 0 spiro atoms. The van der Waals surface area contributed by atoms with Crippen molar-refractivity contribution in [3.05, 3.63) is 35.5 Å². The number of ether oxygens (including phenoxy) is 2. The molecule has 0 aromatic heterocycles. The van der Waals surface area contributed by atoms with Crippen LogP contribution >= 0.6 is 0 Å². The van der Waals surface area contributed by atoms with Gasteiger partial charge in [-0.05, 0) is 23.6 Å². The number of carbonyl (C=O) groups is 2. The maximum Gasteiger partial charge on any atom is 0.350 e. The summed E-state index contributed by atoms with van der Waals surface area (Å²) in [4.78, 5) is 23.6. The Labute approximate surface area is 128 Å². The van der Waals surface area contributed by atoms with E-state index in [1.165, 1.54) is 20.0 Å². The van der Waals surface area contributed by atoms with E-state index < -0.39 is 17.7 Å². The van der Waals surface area contributed by atoms with Crippen molar-refractivity contribution in [3.8, 4) is 5.75 Å². The molecule has 6 nitrogen and oxygen atoms in total. The van der Waals surface area contributed by atoms with Gasteiger partial charge >= 0.3 is 11.9 Å². The molecule has 0 amide bonds. The van der Waals surface area contributed by atoms with Gasteiger partial charge in [-0.1, -0.05) is 19.9 Å². The van der Waals surface area contributed by atoms with Crippen LogP contribution in [0.15, 0.2) is 30.0 Å². The predicted octanol–water partition coefficient (Wildman–Crippen LogP) is 2.65. The first kappa shape index (κ1) is 15.9. The minimum absolute atomic E-state index is 0.0131. The zero-order valence-electron chi connectivity index (χ0n) is 13.0. The fraction of sp³-hybridized carbons (Fsp3) is 0.375. The van der Waals surface area contributed by atoms with E-state index >= 15 is 0 Å². The van der Waals surface area contributed by atoms with Crippen LogP contribution in [0.3, 0.4) is 0 Å². The Morgan fingerprint density at radius 2 is 1.77 bits per heavy atom. The lowest BCUT2D eigenvalue weighted by Gasteiger charge is -2.29. The summed E-state index contributed by atoms with van der Waals surface area (Å²) >= 11 is 0. The number of aromatic hydroxyl groups is 1. The highest BCUT2D eigenvalue weighted by Gasteiger charge is 2.38. The van der Waals surface area contributed by atoms with Crippen LogP contribution in [0, 0.1) is 0 Å². The lowest BCUT2D eigenvalue weighted by molar-refractivity contribution is -0.222. The third-order valence-corrected chi connectivity index (χ3v) is 3.18. The van der Waals surface area contributed by atoms with Gasteiger partial charge in [-0.15, -0.1) is 0 Å². The highest BCUT2D eigenvalue weighted by atomic mass is 16.7. The Hall–Kier alpha value is -2.50. The number of carbonyl (C=O) groups excluding carboxylic acids is 2.